The van der Waals surface area contributed by atoms with Crippen molar-refractivity contribution >= 4 is 0 Å². The first-order valence-corrected chi connectivity index (χ1v) is 5.39. The van der Waals surface area contributed by atoms with E-state index in [4.69, 9.17) is 0 Å². The van der Waals surface area contributed by atoms with Gasteiger partial charge < -0.3 is 5.11 Å². The third-order valence-corrected chi connectivity index (χ3v) is 2.33. The van der Waals surface area contributed by atoms with Gasteiger partial charge in [-0.2, -0.15) is 0 Å². The maximum Gasteiger partial charge on any atom is 0.0669 e. The van der Waals surface area contributed by atoms with Crippen LogP contribution in [0.15, 0.2) is 0 Å². The predicted octanol–water partition coefficient (Wildman–Crippen LogP) is 2.12. The lowest BCUT2D eigenvalue weighted by atomic mass is 10.1. The van der Waals surface area contributed by atoms with Crippen LogP contribution in [0.25, 0.3) is 0 Å². The van der Waals surface area contributed by atoms with E-state index in [9.17, 15) is 5.11 Å². The Morgan fingerprint density at radius 2 is 1.69 bits per heavy atom. The number of aliphatic hydroxyl groups is 1. The molecule has 0 bridgehead atoms. The van der Waals surface area contributed by atoms with Crippen LogP contribution < -0.4 is 0 Å². The monoisotopic (exact) mass is 187 g/mol. The Kier molecular flexibility index (Phi) is 6.35. The first kappa shape index (κ1) is 12.9. The average molecular weight is 187 g/mol. The Morgan fingerprint density at radius 1 is 1.15 bits per heavy atom. The van der Waals surface area contributed by atoms with Crippen LogP contribution >= 0.6 is 0 Å². The van der Waals surface area contributed by atoms with Gasteiger partial charge in [-0.1, -0.05) is 20.8 Å². The lowest BCUT2D eigenvalue weighted by molar-refractivity contribution is 0.0833. The van der Waals surface area contributed by atoms with Gasteiger partial charge in [0, 0.05) is 12.6 Å². The fourth-order valence-electron chi connectivity index (χ4n) is 1.59. The second-order valence-electron chi connectivity index (χ2n) is 4.46. The lowest BCUT2D eigenvalue weighted by Crippen LogP contribution is -2.37. The van der Waals surface area contributed by atoms with Crippen molar-refractivity contribution in [3.05, 3.63) is 0 Å². The normalized spacial score (nSPS) is 14.5. The van der Waals surface area contributed by atoms with Crippen molar-refractivity contribution in [2.75, 3.05) is 13.1 Å². The first-order valence-electron chi connectivity index (χ1n) is 5.39. The van der Waals surface area contributed by atoms with Crippen molar-refractivity contribution < 1.29 is 5.11 Å². The minimum Gasteiger partial charge on any atom is -0.392 e. The van der Waals surface area contributed by atoms with Crippen LogP contribution in [-0.4, -0.2) is 35.2 Å². The minimum absolute atomic E-state index is 0.164. The molecular formula is C11H25NO. The molecule has 1 atom stereocenters. The zero-order valence-corrected chi connectivity index (χ0v) is 9.75. The van der Waals surface area contributed by atoms with E-state index in [1.54, 1.807) is 0 Å². The third kappa shape index (κ3) is 6.05. The Balaban J connectivity index is 3.79. The van der Waals surface area contributed by atoms with E-state index in [2.05, 4.69) is 39.5 Å². The summed E-state index contributed by atoms with van der Waals surface area (Å²) >= 11 is 0. The summed E-state index contributed by atoms with van der Waals surface area (Å²) in [6.07, 6.45) is 0.741. The quantitative estimate of drug-likeness (QED) is 0.688. The van der Waals surface area contributed by atoms with Gasteiger partial charge in [-0.15, -0.1) is 0 Å². The molecule has 1 N–H and O–H groups in total. The van der Waals surface area contributed by atoms with Crippen LogP contribution in [0, 0.1) is 5.92 Å². The minimum atomic E-state index is -0.164. The van der Waals surface area contributed by atoms with Gasteiger partial charge in [-0.25, -0.2) is 0 Å². The average Bonchev–Trinajstić information content (AvgIpc) is 1.98. The SMILES string of the molecule is CCN(CC(O)CC(C)C)C(C)C. The molecule has 0 amide bonds. The highest BCUT2D eigenvalue weighted by Crippen LogP contribution is 2.07. The van der Waals surface area contributed by atoms with Crippen molar-refractivity contribution in [1.82, 2.24) is 4.90 Å². The van der Waals surface area contributed by atoms with Gasteiger partial charge in [0.15, 0.2) is 0 Å². The highest BCUT2D eigenvalue weighted by atomic mass is 16.3. The summed E-state index contributed by atoms with van der Waals surface area (Å²) < 4.78 is 0. The number of nitrogens with zero attached hydrogens (tertiary/aromatic N) is 1. The third-order valence-electron chi connectivity index (χ3n) is 2.33. The second-order valence-corrected chi connectivity index (χ2v) is 4.46. The summed E-state index contributed by atoms with van der Waals surface area (Å²) in [6.45, 7) is 12.6. The molecule has 0 aliphatic heterocycles. The molecule has 1 unspecified atom stereocenters. The summed E-state index contributed by atoms with van der Waals surface area (Å²) in [5, 5.41) is 9.73. The van der Waals surface area contributed by atoms with Crippen molar-refractivity contribution in [2.24, 2.45) is 5.92 Å². The molecule has 2 heteroatoms. The summed E-state index contributed by atoms with van der Waals surface area (Å²) in [7, 11) is 0. The molecule has 0 spiro atoms. The molecule has 0 fully saturated rings. The largest absolute Gasteiger partial charge is 0.392 e. The van der Waals surface area contributed by atoms with Gasteiger partial charge in [0.05, 0.1) is 6.10 Å². The molecule has 2 nitrogen and oxygen atoms in total. The number of hydrogen-bond donors (Lipinski definition) is 1. The van der Waals surface area contributed by atoms with E-state index in [-0.39, 0.29) is 6.10 Å². The molecule has 0 aromatic heterocycles. The summed E-state index contributed by atoms with van der Waals surface area (Å²) in [4.78, 5) is 2.30. The molecule has 0 heterocycles. The molecule has 0 aromatic carbocycles. The highest BCUT2D eigenvalue weighted by molar-refractivity contribution is 4.67. The standard InChI is InChI=1S/C11H25NO/c1-6-12(10(4)5)8-11(13)7-9(2)3/h9-11,13H,6-8H2,1-5H3. The Labute approximate surface area is 82.9 Å². The van der Waals surface area contributed by atoms with Crippen LogP contribution in [-0.2, 0) is 0 Å². The van der Waals surface area contributed by atoms with E-state index < -0.39 is 0 Å². The highest BCUT2D eigenvalue weighted by Gasteiger charge is 2.13. The van der Waals surface area contributed by atoms with Gasteiger partial charge in [0.2, 0.25) is 0 Å². The molecule has 0 aliphatic rings. The van der Waals surface area contributed by atoms with Crippen molar-refractivity contribution in [1.29, 1.82) is 0 Å². The zero-order chi connectivity index (χ0) is 10.4. The maximum absolute atomic E-state index is 9.73. The Bertz CT molecular complexity index is 123. The van der Waals surface area contributed by atoms with Crippen molar-refractivity contribution in [3.63, 3.8) is 0 Å². The molecule has 0 rings (SSSR count). The summed E-state index contributed by atoms with van der Waals surface area (Å²) in [6, 6.07) is 0.534. The van der Waals surface area contributed by atoms with Gasteiger partial charge >= 0.3 is 0 Å². The molecule has 80 valence electrons. The number of rotatable bonds is 6. The van der Waals surface area contributed by atoms with Crippen LogP contribution in [0.3, 0.4) is 0 Å². The molecule has 0 saturated heterocycles. The van der Waals surface area contributed by atoms with E-state index in [0.717, 1.165) is 19.5 Å². The first-order chi connectivity index (χ1) is 5.97. The molecule has 13 heavy (non-hydrogen) atoms. The van der Waals surface area contributed by atoms with Crippen LogP contribution in [0.4, 0.5) is 0 Å². The Hall–Kier alpha value is -0.0800. The smallest absolute Gasteiger partial charge is 0.0669 e. The summed E-state index contributed by atoms with van der Waals surface area (Å²) in [5.41, 5.74) is 0. The fraction of sp³-hybridized carbons (Fsp3) is 1.00. The van der Waals surface area contributed by atoms with Crippen LogP contribution in [0.2, 0.25) is 0 Å². The second kappa shape index (κ2) is 6.39. The zero-order valence-electron chi connectivity index (χ0n) is 9.75. The fourth-order valence-corrected chi connectivity index (χ4v) is 1.59. The molecular weight excluding hydrogens is 162 g/mol. The molecule has 0 radical (unpaired) electrons. The van der Waals surface area contributed by atoms with Gasteiger partial charge in [-0.05, 0) is 32.7 Å². The van der Waals surface area contributed by atoms with E-state index >= 15 is 0 Å². The van der Waals surface area contributed by atoms with E-state index in [1.165, 1.54) is 0 Å². The Morgan fingerprint density at radius 3 is 2.00 bits per heavy atom. The van der Waals surface area contributed by atoms with Crippen LogP contribution in [0.5, 0.6) is 0 Å². The molecule has 0 aromatic rings. The van der Waals surface area contributed by atoms with Crippen LogP contribution in [0.1, 0.15) is 41.0 Å². The van der Waals surface area contributed by atoms with E-state index in [0.29, 0.717) is 12.0 Å². The number of hydrogen-bond acceptors (Lipinski definition) is 2. The van der Waals surface area contributed by atoms with Gasteiger partial charge in [-0.3, -0.25) is 4.90 Å². The van der Waals surface area contributed by atoms with Gasteiger partial charge in [0.1, 0.15) is 0 Å². The lowest BCUT2D eigenvalue weighted by Gasteiger charge is -2.27. The van der Waals surface area contributed by atoms with Crippen molar-refractivity contribution in [3.8, 4) is 0 Å². The number of likely N-dealkylation sites (N-methyl/N-ethyl adjacent to an activating group) is 1. The summed E-state index contributed by atoms with van der Waals surface area (Å²) in [5.74, 6) is 0.584. The maximum atomic E-state index is 9.73. The molecule has 0 aliphatic carbocycles. The van der Waals surface area contributed by atoms with Gasteiger partial charge in [0.25, 0.3) is 0 Å². The van der Waals surface area contributed by atoms with Crippen molar-refractivity contribution in [2.45, 2.75) is 53.2 Å². The topological polar surface area (TPSA) is 23.5 Å². The molecule has 0 saturated carbocycles. The van der Waals surface area contributed by atoms with E-state index in [1.807, 2.05) is 0 Å². The number of aliphatic hydroxyl groups excluding tert-OH is 1. The predicted molar refractivity (Wildman–Crippen MR) is 57.8 cm³/mol.